The van der Waals surface area contributed by atoms with Crippen LogP contribution in [0.4, 0.5) is 0 Å². The molecule has 0 aliphatic heterocycles. The second-order valence-corrected chi connectivity index (χ2v) is 6.55. The van der Waals surface area contributed by atoms with E-state index in [1.807, 2.05) is 54.6 Å². The smallest absolute Gasteiger partial charge is 0.124 e. The lowest BCUT2D eigenvalue weighted by Gasteiger charge is -2.37. The zero-order valence-corrected chi connectivity index (χ0v) is 14.8. The Morgan fingerprint density at radius 3 is 1.26 bits per heavy atom. The number of hydrogen-bond donors (Lipinski definition) is 2. The minimum absolute atomic E-state index is 0.0411. The Hall–Kier alpha value is -3.52. The molecule has 0 aromatic heterocycles. The van der Waals surface area contributed by atoms with Crippen LogP contribution in [0.5, 0.6) is 11.5 Å². The number of phenols is 2. The molecule has 2 N–H and O–H groups in total. The molecule has 2 nitrogen and oxygen atoms in total. The van der Waals surface area contributed by atoms with Crippen molar-refractivity contribution in [3.8, 4) is 11.5 Å². The Balaban J connectivity index is 2.16. The maximum absolute atomic E-state index is 10.9. The van der Waals surface area contributed by atoms with Crippen molar-refractivity contribution < 1.29 is 10.2 Å². The van der Waals surface area contributed by atoms with E-state index in [2.05, 4.69) is 36.4 Å². The van der Waals surface area contributed by atoms with Crippen molar-refractivity contribution in [3.63, 3.8) is 0 Å². The predicted molar refractivity (Wildman–Crippen MR) is 108 cm³/mol. The third-order valence-corrected chi connectivity index (χ3v) is 5.01. The Bertz CT molecular complexity index is 929. The summed E-state index contributed by atoms with van der Waals surface area (Å²) in [6.07, 6.45) is 0. The normalized spacial score (nSPS) is 11.3. The van der Waals surface area contributed by atoms with Gasteiger partial charge in [0.1, 0.15) is 11.5 Å². The van der Waals surface area contributed by atoms with Crippen LogP contribution in [0.25, 0.3) is 0 Å². The largest absolute Gasteiger partial charge is 0.508 e. The van der Waals surface area contributed by atoms with Gasteiger partial charge in [-0.2, -0.15) is 0 Å². The number of phenolic OH excluding ortho intramolecular Hbond substituents is 2. The molecule has 132 valence electrons. The monoisotopic (exact) mass is 352 g/mol. The van der Waals surface area contributed by atoms with Gasteiger partial charge < -0.3 is 10.2 Å². The van der Waals surface area contributed by atoms with Crippen LogP contribution in [0.3, 0.4) is 0 Å². The highest BCUT2D eigenvalue weighted by molar-refractivity contribution is 5.63. The van der Waals surface area contributed by atoms with E-state index in [9.17, 15) is 10.2 Å². The van der Waals surface area contributed by atoms with Gasteiger partial charge in [0, 0.05) is 11.6 Å². The van der Waals surface area contributed by atoms with Gasteiger partial charge in [-0.1, -0.05) is 97.1 Å². The number of aromatic hydroxyl groups is 2. The van der Waals surface area contributed by atoms with E-state index < -0.39 is 5.41 Å². The molecular formula is C25H20O2. The van der Waals surface area contributed by atoms with Crippen LogP contribution < -0.4 is 0 Å². The maximum atomic E-state index is 10.9. The van der Waals surface area contributed by atoms with Crippen molar-refractivity contribution >= 4 is 0 Å². The second-order valence-electron chi connectivity index (χ2n) is 6.55. The summed E-state index contributed by atoms with van der Waals surface area (Å²) in [7, 11) is 0. The SMILES string of the molecule is Oc1ccc(C(c2ccccc2)(c2ccccc2)c2ccccc2)c(O)c1. The summed E-state index contributed by atoms with van der Waals surface area (Å²) in [5.74, 6) is 0.103. The van der Waals surface area contributed by atoms with Crippen molar-refractivity contribution in [3.05, 3.63) is 131 Å². The molecule has 0 unspecified atom stereocenters. The minimum Gasteiger partial charge on any atom is -0.508 e. The van der Waals surface area contributed by atoms with Crippen LogP contribution in [-0.4, -0.2) is 10.2 Å². The van der Waals surface area contributed by atoms with Crippen LogP contribution in [0.1, 0.15) is 22.3 Å². The van der Waals surface area contributed by atoms with Gasteiger partial charge in [0.15, 0.2) is 0 Å². The Morgan fingerprint density at radius 2 is 0.889 bits per heavy atom. The van der Waals surface area contributed by atoms with E-state index in [0.717, 1.165) is 22.3 Å². The molecule has 0 amide bonds. The molecule has 0 saturated carbocycles. The first-order chi connectivity index (χ1) is 13.2. The average Bonchev–Trinajstić information content (AvgIpc) is 2.72. The van der Waals surface area contributed by atoms with E-state index in [1.165, 1.54) is 6.07 Å². The quantitative estimate of drug-likeness (QED) is 0.477. The van der Waals surface area contributed by atoms with Gasteiger partial charge in [0.25, 0.3) is 0 Å². The van der Waals surface area contributed by atoms with Crippen LogP contribution in [0.15, 0.2) is 109 Å². The molecule has 0 radical (unpaired) electrons. The summed E-state index contributed by atoms with van der Waals surface area (Å²) >= 11 is 0. The fourth-order valence-electron chi connectivity index (χ4n) is 3.87. The molecule has 0 spiro atoms. The highest BCUT2D eigenvalue weighted by Gasteiger charge is 2.40. The Labute approximate surface area is 159 Å². The molecule has 0 bridgehead atoms. The molecular weight excluding hydrogens is 332 g/mol. The van der Waals surface area contributed by atoms with Crippen LogP contribution >= 0.6 is 0 Å². The molecule has 0 atom stereocenters. The number of rotatable bonds is 4. The number of benzene rings is 4. The minimum atomic E-state index is -0.707. The van der Waals surface area contributed by atoms with Crippen LogP contribution in [-0.2, 0) is 5.41 Å². The predicted octanol–water partition coefficient (Wildman–Crippen LogP) is 5.48. The summed E-state index contributed by atoms with van der Waals surface area (Å²) in [4.78, 5) is 0. The summed E-state index contributed by atoms with van der Waals surface area (Å²) in [6.45, 7) is 0. The summed E-state index contributed by atoms with van der Waals surface area (Å²) in [5.41, 5.74) is 3.15. The summed E-state index contributed by atoms with van der Waals surface area (Å²) in [5, 5.41) is 20.7. The Morgan fingerprint density at radius 1 is 0.481 bits per heavy atom. The zero-order chi connectivity index (χ0) is 18.7. The number of hydrogen-bond acceptors (Lipinski definition) is 2. The lowest BCUT2D eigenvalue weighted by Crippen LogP contribution is -2.31. The van der Waals surface area contributed by atoms with Crippen molar-refractivity contribution in [2.75, 3.05) is 0 Å². The molecule has 4 aromatic carbocycles. The molecule has 0 aliphatic carbocycles. The van der Waals surface area contributed by atoms with E-state index in [-0.39, 0.29) is 11.5 Å². The fourth-order valence-corrected chi connectivity index (χ4v) is 3.87. The first-order valence-corrected chi connectivity index (χ1v) is 8.92. The van der Waals surface area contributed by atoms with Crippen LogP contribution in [0.2, 0.25) is 0 Å². The third kappa shape index (κ3) is 2.85. The van der Waals surface area contributed by atoms with Crippen molar-refractivity contribution in [1.82, 2.24) is 0 Å². The van der Waals surface area contributed by atoms with E-state index >= 15 is 0 Å². The average molecular weight is 352 g/mol. The summed E-state index contributed by atoms with van der Waals surface area (Å²) in [6, 6.07) is 35.3. The molecule has 4 aromatic rings. The molecule has 4 rings (SSSR count). The third-order valence-electron chi connectivity index (χ3n) is 5.01. The summed E-state index contributed by atoms with van der Waals surface area (Å²) < 4.78 is 0. The van der Waals surface area contributed by atoms with Gasteiger partial charge in [-0.15, -0.1) is 0 Å². The van der Waals surface area contributed by atoms with Crippen molar-refractivity contribution in [2.45, 2.75) is 5.41 Å². The van der Waals surface area contributed by atoms with Crippen LogP contribution in [0, 0.1) is 0 Å². The van der Waals surface area contributed by atoms with Crippen molar-refractivity contribution in [1.29, 1.82) is 0 Å². The van der Waals surface area contributed by atoms with E-state index in [0.29, 0.717) is 0 Å². The molecule has 0 saturated heterocycles. The highest BCUT2D eigenvalue weighted by atomic mass is 16.3. The van der Waals surface area contributed by atoms with Crippen molar-refractivity contribution in [2.24, 2.45) is 0 Å². The lowest BCUT2D eigenvalue weighted by molar-refractivity contribution is 0.441. The first-order valence-electron chi connectivity index (χ1n) is 8.92. The van der Waals surface area contributed by atoms with Gasteiger partial charge in [0.2, 0.25) is 0 Å². The molecule has 0 aliphatic rings. The van der Waals surface area contributed by atoms with Gasteiger partial charge in [0.05, 0.1) is 5.41 Å². The standard InChI is InChI=1S/C25H20O2/c26-22-16-17-23(24(27)18-22)25(19-10-4-1-5-11-19,20-12-6-2-7-13-20)21-14-8-3-9-15-21/h1-18,26-27H. The fraction of sp³-hybridized carbons (Fsp3) is 0.0400. The molecule has 0 heterocycles. The van der Waals surface area contributed by atoms with E-state index in [1.54, 1.807) is 12.1 Å². The molecule has 0 fully saturated rings. The lowest BCUT2D eigenvalue weighted by atomic mass is 9.65. The molecule has 27 heavy (non-hydrogen) atoms. The van der Waals surface area contributed by atoms with E-state index in [4.69, 9.17) is 0 Å². The maximum Gasteiger partial charge on any atom is 0.124 e. The van der Waals surface area contributed by atoms with Gasteiger partial charge in [-0.25, -0.2) is 0 Å². The Kier molecular flexibility index (Phi) is 4.39. The zero-order valence-electron chi connectivity index (χ0n) is 14.8. The first kappa shape index (κ1) is 16.9. The van der Waals surface area contributed by atoms with Gasteiger partial charge >= 0.3 is 0 Å². The highest BCUT2D eigenvalue weighted by Crippen LogP contribution is 2.48. The topological polar surface area (TPSA) is 40.5 Å². The second kappa shape index (κ2) is 7.00. The van der Waals surface area contributed by atoms with Gasteiger partial charge in [-0.05, 0) is 22.8 Å². The molecule has 2 heteroatoms. The van der Waals surface area contributed by atoms with Gasteiger partial charge in [-0.3, -0.25) is 0 Å².